The van der Waals surface area contributed by atoms with E-state index >= 15 is 0 Å². The highest BCUT2D eigenvalue weighted by Crippen LogP contribution is 2.48. The molecular formula is C9H11F3N2O. The highest BCUT2D eigenvalue weighted by molar-refractivity contribution is 5.22. The van der Waals surface area contributed by atoms with E-state index in [1.165, 1.54) is 6.20 Å². The van der Waals surface area contributed by atoms with Gasteiger partial charge in [0.25, 0.3) is 0 Å². The Morgan fingerprint density at radius 3 is 2.60 bits per heavy atom. The number of aromatic amines is 1. The summed E-state index contributed by atoms with van der Waals surface area (Å²) in [4.78, 5) is 0. The standard InChI is InChI=1S/C9H11F3N2O/c10-9(11,12)7-6(4-13-14-7)3-8(5-15)1-2-8/h4,15H,1-3,5H2,(H,13,14). The summed E-state index contributed by atoms with van der Waals surface area (Å²) in [5, 5.41) is 14.4. The maximum atomic E-state index is 12.4. The van der Waals surface area contributed by atoms with Gasteiger partial charge in [-0.15, -0.1) is 0 Å². The number of aromatic nitrogens is 2. The lowest BCUT2D eigenvalue weighted by Gasteiger charge is -2.12. The van der Waals surface area contributed by atoms with Gasteiger partial charge in [-0.2, -0.15) is 18.3 Å². The smallest absolute Gasteiger partial charge is 0.396 e. The lowest BCUT2D eigenvalue weighted by Crippen LogP contribution is -2.14. The van der Waals surface area contributed by atoms with Gasteiger partial charge < -0.3 is 5.11 Å². The van der Waals surface area contributed by atoms with Gasteiger partial charge in [-0.25, -0.2) is 0 Å². The second-order valence-corrected chi connectivity index (χ2v) is 4.10. The van der Waals surface area contributed by atoms with Crippen LogP contribution in [0.3, 0.4) is 0 Å². The predicted molar refractivity (Wildman–Crippen MR) is 46.0 cm³/mol. The Morgan fingerprint density at radius 1 is 1.47 bits per heavy atom. The van der Waals surface area contributed by atoms with Crippen LogP contribution in [0.2, 0.25) is 0 Å². The zero-order valence-corrected chi connectivity index (χ0v) is 7.93. The molecular weight excluding hydrogens is 209 g/mol. The fraction of sp³-hybridized carbons (Fsp3) is 0.667. The third-order valence-electron chi connectivity index (χ3n) is 2.86. The Balaban J connectivity index is 2.19. The van der Waals surface area contributed by atoms with Crippen LogP contribution in [-0.4, -0.2) is 21.9 Å². The second kappa shape index (κ2) is 3.23. The number of nitrogens with one attached hydrogen (secondary N) is 1. The molecule has 1 aliphatic rings. The third-order valence-corrected chi connectivity index (χ3v) is 2.86. The van der Waals surface area contributed by atoms with Gasteiger partial charge in [-0.1, -0.05) is 0 Å². The van der Waals surface area contributed by atoms with E-state index < -0.39 is 11.9 Å². The van der Waals surface area contributed by atoms with Gasteiger partial charge in [0.1, 0.15) is 5.69 Å². The van der Waals surface area contributed by atoms with Gasteiger partial charge in [0.05, 0.1) is 6.20 Å². The normalized spacial score (nSPS) is 19.2. The van der Waals surface area contributed by atoms with Crippen molar-refractivity contribution in [2.24, 2.45) is 5.41 Å². The minimum atomic E-state index is -4.39. The number of hydrogen-bond donors (Lipinski definition) is 2. The third kappa shape index (κ3) is 1.99. The molecule has 1 aromatic heterocycles. The summed E-state index contributed by atoms with van der Waals surface area (Å²) >= 11 is 0. The first-order chi connectivity index (χ1) is 6.97. The molecule has 1 fully saturated rings. The fourth-order valence-corrected chi connectivity index (χ4v) is 1.66. The van der Waals surface area contributed by atoms with Gasteiger partial charge in [0.2, 0.25) is 0 Å². The lowest BCUT2D eigenvalue weighted by molar-refractivity contribution is -0.141. The molecule has 3 nitrogen and oxygen atoms in total. The number of halogens is 3. The van der Waals surface area contributed by atoms with Crippen molar-refractivity contribution in [2.75, 3.05) is 6.61 Å². The zero-order chi connectivity index (χ0) is 11.1. The molecule has 1 saturated carbocycles. The van der Waals surface area contributed by atoms with Crippen LogP contribution < -0.4 is 0 Å². The van der Waals surface area contributed by atoms with E-state index in [4.69, 9.17) is 5.11 Å². The van der Waals surface area contributed by atoms with Crippen LogP contribution in [-0.2, 0) is 12.6 Å². The quantitative estimate of drug-likeness (QED) is 0.815. The van der Waals surface area contributed by atoms with Crippen LogP contribution in [0.1, 0.15) is 24.1 Å². The predicted octanol–water partition coefficient (Wildman–Crippen LogP) is 1.74. The van der Waals surface area contributed by atoms with Crippen molar-refractivity contribution in [1.82, 2.24) is 10.2 Å². The van der Waals surface area contributed by atoms with Gasteiger partial charge in [0, 0.05) is 12.2 Å². The molecule has 0 atom stereocenters. The lowest BCUT2D eigenvalue weighted by atomic mass is 9.98. The Morgan fingerprint density at radius 2 is 2.13 bits per heavy atom. The summed E-state index contributed by atoms with van der Waals surface area (Å²) in [6.45, 7) is -0.0600. The molecule has 2 rings (SSSR count). The van der Waals surface area contributed by atoms with E-state index in [-0.39, 0.29) is 24.0 Å². The first-order valence-electron chi connectivity index (χ1n) is 4.67. The molecule has 6 heteroatoms. The average Bonchev–Trinajstić information content (AvgIpc) is 2.73. The summed E-state index contributed by atoms with van der Waals surface area (Å²) in [7, 11) is 0. The molecule has 1 heterocycles. The largest absolute Gasteiger partial charge is 0.433 e. The van der Waals surface area contributed by atoms with Crippen molar-refractivity contribution >= 4 is 0 Å². The van der Waals surface area contributed by atoms with Gasteiger partial charge >= 0.3 is 6.18 Å². The minimum absolute atomic E-state index is 0.0600. The molecule has 0 aliphatic heterocycles. The number of H-pyrrole nitrogens is 1. The highest BCUT2D eigenvalue weighted by atomic mass is 19.4. The minimum Gasteiger partial charge on any atom is -0.396 e. The summed E-state index contributed by atoms with van der Waals surface area (Å²) in [6.07, 6.45) is -1.39. The number of nitrogens with zero attached hydrogens (tertiary/aromatic N) is 1. The zero-order valence-electron chi connectivity index (χ0n) is 7.93. The van der Waals surface area contributed by atoms with E-state index in [0.717, 1.165) is 12.8 Å². The van der Waals surface area contributed by atoms with Gasteiger partial charge in [-0.3, -0.25) is 5.10 Å². The van der Waals surface area contributed by atoms with E-state index in [0.29, 0.717) is 0 Å². The van der Waals surface area contributed by atoms with Crippen LogP contribution in [0.5, 0.6) is 0 Å². The Labute approximate surface area is 84.3 Å². The first-order valence-corrected chi connectivity index (χ1v) is 4.67. The summed E-state index contributed by atoms with van der Waals surface area (Å²) in [5.74, 6) is 0. The fourth-order valence-electron chi connectivity index (χ4n) is 1.66. The van der Waals surface area contributed by atoms with Crippen LogP contribution >= 0.6 is 0 Å². The van der Waals surface area contributed by atoms with Crippen molar-refractivity contribution < 1.29 is 18.3 Å². The van der Waals surface area contributed by atoms with Crippen molar-refractivity contribution in [3.8, 4) is 0 Å². The number of rotatable bonds is 3. The number of alkyl halides is 3. The van der Waals surface area contributed by atoms with Crippen LogP contribution in [0.4, 0.5) is 13.2 Å². The molecule has 0 unspecified atom stereocenters. The first kappa shape index (κ1) is 10.5. The molecule has 0 spiro atoms. The molecule has 0 amide bonds. The van der Waals surface area contributed by atoms with Gasteiger partial charge in [-0.05, 0) is 24.7 Å². The molecule has 2 N–H and O–H groups in total. The molecule has 0 saturated heterocycles. The highest BCUT2D eigenvalue weighted by Gasteiger charge is 2.45. The molecule has 1 aromatic rings. The van der Waals surface area contributed by atoms with Crippen LogP contribution in [0.25, 0.3) is 0 Å². The summed E-state index contributed by atoms with van der Waals surface area (Å²) in [5.41, 5.74) is -0.972. The average molecular weight is 220 g/mol. The van der Waals surface area contributed by atoms with E-state index in [2.05, 4.69) is 5.10 Å². The van der Waals surface area contributed by atoms with Crippen LogP contribution in [0, 0.1) is 5.41 Å². The van der Waals surface area contributed by atoms with Crippen molar-refractivity contribution in [1.29, 1.82) is 0 Å². The van der Waals surface area contributed by atoms with Crippen molar-refractivity contribution in [2.45, 2.75) is 25.4 Å². The van der Waals surface area contributed by atoms with E-state index in [9.17, 15) is 13.2 Å². The van der Waals surface area contributed by atoms with Crippen molar-refractivity contribution in [3.63, 3.8) is 0 Å². The Kier molecular flexibility index (Phi) is 2.26. The molecule has 0 aromatic carbocycles. The van der Waals surface area contributed by atoms with E-state index in [1.807, 2.05) is 5.10 Å². The maximum Gasteiger partial charge on any atom is 0.433 e. The van der Waals surface area contributed by atoms with Crippen molar-refractivity contribution in [3.05, 3.63) is 17.5 Å². The molecule has 0 bridgehead atoms. The topological polar surface area (TPSA) is 48.9 Å². The molecule has 0 radical (unpaired) electrons. The SMILES string of the molecule is OCC1(Cc2cn[nH]c2C(F)(F)F)CC1. The monoisotopic (exact) mass is 220 g/mol. The number of aliphatic hydroxyl groups excluding tert-OH is 1. The van der Waals surface area contributed by atoms with Gasteiger partial charge in [0.15, 0.2) is 0 Å². The Bertz CT molecular complexity index is 354. The number of aliphatic hydroxyl groups is 1. The Hall–Kier alpha value is -1.04. The molecule has 15 heavy (non-hydrogen) atoms. The maximum absolute atomic E-state index is 12.4. The molecule has 1 aliphatic carbocycles. The van der Waals surface area contributed by atoms with E-state index in [1.54, 1.807) is 0 Å². The summed E-state index contributed by atoms with van der Waals surface area (Å²) in [6, 6.07) is 0. The molecule has 84 valence electrons. The number of hydrogen-bond acceptors (Lipinski definition) is 2. The second-order valence-electron chi connectivity index (χ2n) is 4.10. The summed E-state index contributed by atoms with van der Waals surface area (Å²) < 4.78 is 37.3. The van der Waals surface area contributed by atoms with Crippen LogP contribution in [0.15, 0.2) is 6.20 Å².